The molecule has 0 aliphatic carbocycles. The van der Waals surface area contributed by atoms with Gasteiger partial charge in [-0.2, -0.15) is 0 Å². The van der Waals surface area contributed by atoms with E-state index in [0.29, 0.717) is 11.9 Å². The quantitative estimate of drug-likeness (QED) is 0.707. The number of aryl methyl sites for hydroxylation is 1. The molecule has 4 nitrogen and oxygen atoms in total. The van der Waals surface area contributed by atoms with Gasteiger partial charge in [-0.25, -0.2) is 0 Å². The predicted octanol–water partition coefficient (Wildman–Crippen LogP) is 4.82. The van der Waals surface area contributed by atoms with E-state index in [-0.39, 0.29) is 0 Å². The van der Waals surface area contributed by atoms with Crippen LogP contribution in [0, 0.1) is 6.92 Å². The van der Waals surface area contributed by atoms with Crippen LogP contribution in [0.3, 0.4) is 0 Å². The highest BCUT2D eigenvalue weighted by Gasteiger charge is 2.09. The Hall–Kier alpha value is -1.84. The predicted molar refractivity (Wildman–Crippen MR) is 86.3 cm³/mol. The fourth-order valence-electron chi connectivity index (χ4n) is 2.42. The summed E-state index contributed by atoms with van der Waals surface area (Å²) in [6, 6.07) is 6.66. The van der Waals surface area contributed by atoms with E-state index in [1.165, 1.54) is 44.1 Å². The van der Waals surface area contributed by atoms with Crippen molar-refractivity contribution < 1.29 is 4.42 Å². The Morgan fingerprint density at radius 1 is 1.24 bits per heavy atom. The van der Waals surface area contributed by atoms with Gasteiger partial charge in [0.2, 0.25) is 12.3 Å². The van der Waals surface area contributed by atoms with Gasteiger partial charge in [0, 0.05) is 17.3 Å². The van der Waals surface area contributed by atoms with Gasteiger partial charge in [0.15, 0.2) is 0 Å². The summed E-state index contributed by atoms with van der Waals surface area (Å²) in [4.78, 5) is 0. The van der Waals surface area contributed by atoms with E-state index in [2.05, 4.69) is 48.4 Å². The van der Waals surface area contributed by atoms with Crippen molar-refractivity contribution in [1.82, 2.24) is 10.2 Å². The van der Waals surface area contributed by atoms with E-state index >= 15 is 0 Å². The number of unbranched alkanes of at least 4 members (excludes halogenated alkanes) is 3. The molecule has 1 unspecified atom stereocenters. The van der Waals surface area contributed by atoms with Crippen molar-refractivity contribution >= 4 is 5.69 Å². The van der Waals surface area contributed by atoms with Crippen LogP contribution in [0.5, 0.6) is 0 Å². The Kier molecular flexibility index (Phi) is 5.78. The summed E-state index contributed by atoms with van der Waals surface area (Å²) in [7, 11) is 0. The second-order valence-electron chi connectivity index (χ2n) is 5.67. The highest BCUT2D eigenvalue weighted by atomic mass is 16.4. The maximum Gasteiger partial charge on any atom is 0.247 e. The maximum atomic E-state index is 5.26. The molecule has 1 N–H and O–H groups in total. The molecule has 2 rings (SSSR count). The normalized spacial score (nSPS) is 12.3. The molecule has 0 bridgehead atoms. The second-order valence-corrected chi connectivity index (χ2v) is 5.67. The second kappa shape index (κ2) is 7.81. The number of rotatable bonds is 8. The Morgan fingerprint density at radius 3 is 2.81 bits per heavy atom. The molecule has 0 amide bonds. The van der Waals surface area contributed by atoms with Gasteiger partial charge in [0.25, 0.3) is 0 Å². The third kappa shape index (κ3) is 4.59. The molecule has 2 aromatic rings. The van der Waals surface area contributed by atoms with Crippen LogP contribution in [0.25, 0.3) is 11.5 Å². The molecule has 4 heteroatoms. The monoisotopic (exact) mass is 287 g/mol. The lowest BCUT2D eigenvalue weighted by molar-refractivity contribution is 0.568. The fraction of sp³-hybridized carbons (Fsp3) is 0.529. The average Bonchev–Trinajstić information content (AvgIpc) is 3.00. The molecular formula is C17H25N3O. The number of aromatic nitrogens is 2. The zero-order valence-electron chi connectivity index (χ0n) is 13.2. The molecule has 0 radical (unpaired) electrons. The van der Waals surface area contributed by atoms with Gasteiger partial charge >= 0.3 is 0 Å². The molecule has 0 saturated heterocycles. The molecule has 1 heterocycles. The fourth-order valence-corrected chi connectivity index (χ4v) is 2.42. The van der Waals surface area contributed by atoms with Crippen molar-refractivity contribution in [2.45, 2.75) is 58.9 Å². The van der Waals surface area contributed by atoms with Crippen LogP contribution in [0.2, 0.25) is 0 Å². The lowest BCUT2D eigenvalue weighted by Crippen LogP contribution is -2.15. The van der Waals surface area contributed by atoms with Crippen molar-refractivity contribution in [3.63, 3.8) is 0 Å². The van der Waals surface area contributed by atoms with E-state index in [9.17, 15) is 0 Å². The van der Waals surface area contributed by atoms with E-state index < -0.39 is 0 Å². The summed E-state index contributed by atoms with van der Waals surface area (Å²) in [6.07, 6.45) is 7.78. The van der Waals surface area contributed by atoms with Gasteiger partial charge in [-0.05, 0) is 38.0 Å². The third-order valence-corrected chi connectivity index (χ3v) is 3.74. The first kappa shape index (κ1) is 15.5. The number of nitrogens with zero attached hydrogens (tertiary/aromatic N) is 2. The molecule has 114 valence electrons. The van der Waals surface area contributed by atoms with Crippen molar-refractivity contribution in [3.8, 4) is 11.5 Å². The Bertz CT molecular complexity index is 537. The lowest BCUT2D eigenvalue weighted by Gasteiger charge is -2.17. The molecule has 0 fully saturated rings. The molecule has 21 heavy (non-hydrogen) atoms. The lowest BCUT2D eigenvalue weighted by atomic mass is 10.1. The van der Waals surface area contributed by atoms with Crippen molar-refractivity contribution in [2.24, 2.45) is 0 Å². The van der Waals surface area contributed by atoms with Gasteiger partial charge in [-0.15, -0.1) is 10.2 Å². The Balaban J connectivity index is 1.97. The molecule has 1 aromatic heterocycles. The third-order valence-electron chi connectivity index (χ3n) is 3.74. The summed E-state index contributed by atoms with van der Waals surface area (Å²) >= 11 is 0. The maximum absolute atomic E-state index is 5.26. The summed E-state index contributed by atoms with van der Waals surface area (Å²) < 4.78 is 5.26. The van der Waals surface area contributed by atoms with Gasteiger partial charge in [0.1, 0.15) is 0 Å². The molecule has 0 saturated carbocycles. The standard InChI is InChI=1S/C17H25N3O/c1-4-5-6-7-8-14(3)19-16-11-15(10-9-13(16)2)17-20-18-12-21-17/h9-12,14,19H,4-8H2,1-3H3. The van der Waals surface area contributed by atoms with Crippen LogP contribution >= 0.6 is 0 Å². The summed E-state index contributed by atoms with van der Waals surface area (Å²) in [5, 5.41) is 11.3. The SMILES string of the molecule is CCCCCCC(C)Nc1cc(-c2nnco2)ccc1C. The summed E-state index contributed by atoms with van der Waals surface area (Å²) in [5.41, 5.74) is 3.34. The molecule has 0 aliphatic rings. The molecule has 1 aromatic carbocycles. The highest BCUT2D eigenvalue weighted by Crippen LogP contribution is 2.25. The van der Waals surface area contributed by atoms with Crippen molar-refractivity contribution in [1.29, 1.82) is 0 Å². The largest absolute Gasteiger partial charge is 0.423 e. The minimum absolute atomic E-state index is 0.471. The van der Waals surface area contributed by atoms with Crippen LogP contribution in [0.4, 0.5) is 5.69 Å². The minimum atomic E-state index is 0.471. The highest BCUT2D eigenvalue weighted by molar-refractivity contribution is 5.64. The van der Waals surface area contributed by atoms with Crippen LogP contribution in [0.1, 0.15) is 51.5 Å². The number of benzene rings is 1. The van der Waals surface area contributed by atoms with Crippen molar-refractivity contribution in [2.75, 3.05) is 5.32 Å². The minimum Gasteiger partial charge on any atom is -0.423 e. The first-order chi connectivity index (χ1) is 10.2. The van der Waals surface area contributed by atoms with E-state index in [0.717, 1.165) is 11.3 Å². The van der Waals surface area contributed by atoms with Gasteiger partial charge in [0.05, 0.1) is 0 Å². The molecular weight excluding hydrogens is 262 g/mol. The Morgan fingerprint density at radius 2 is 2.10 bits per heavy atom. The molecule has 0 aliphatic heterocycles. The van der Waals surface area contributed by atoms with E-state index in [1.807, 2.05) is 6.07 Å². The van der Waals surface area contributed by atoms with Gasteiger partial charge in [-0.3, -0.25) is 0 Å². The van der Waals surface area contributed by atoms with Crippen LogP contribution < -0.4 is 5.32 Å². The van der Waals surface area contributed by atoms with E-state index in [1.54, 1.807) is 0 Å². The average molecular weight is 287 g/mol. The molecule has 0 spiro atoms. The van der Waals surface area contributed by atoms with Gasteiger partial charge in [-0.1, -0.05) is 38.7 Å². The summed E-state index contributed by atoms with van der Waals surface area (Å²) in [6.45, 7) is 6.60. The first-order valence-corrected chi connectivity index (χ1v) is 7.84. The Labute approximate surface area is 127 Å². The van der Waals surface area contributed by atoms with E-state index in [4.69, 9.17) is 4.42 Å². The molecule has 1 atom stereocenters. The number of anilines is 1. The topological polar surface area (TPSA) is 51.0 Å². The van der Waals surface area contributed by atoms with Crippen LogP contribution in [-0.4, -0.2) is 16.2 Å². The first-order valence-electron chi connectivity index (χ1n) is 7.84. The van der Waals surface area contributed by atoms with Crippen molar-refractivity contribution in [3.05, 3.63) is 30.2 Å². The van der Waals surface area contributed by atoms with Crippen LogP contribution in [-0.2, 0) is 0 Å². The van der Waals surface area contributed by atoms with Crippen LogP contribution in [0.15, 0.2) is 29.0 Å². The number of hydrogen-bond donors (Lipinski definition) is 1. The summed E-state index contributed by atoms with van der Waals surface area (Å²) in [5.74, 6) is 0.564. The smallest absolute Gasteiger partial charge is 0.247 e. The number of nitrogens with one attached hydrogen (secondary N) is 1. The zero-order valence-corrected chi connectivity index (χ0v) is 13.2. The van der Waals surface area contributed by atoms with Gasteiger partial charge < -0.3 is 9.73 Å². The number of hydrogen-bond acceptors (Lipinski definition) is 4. The zero-order chi connectivity index (χ0) is 15.1.